The lowest BCUT2D eigenvalue weighted by Crippen LogP contribution is -2.45. The molecule has 0 aromatic heterocycles. The average molecular weight is 416 g/mol. The minimum atomic E-state index is -0.359. The zero-order valence-corrected chi connectivity index (χ0v) is 17.5. The average Bonchev–Trinajstić information content (AvgIpc) is 2.74. The number of methoxy groups -OCH3 is 1. The third kappa shape index (κ3) is 5.49. The van der Waals surface area contributed by atoms with E-state index in [1.54, 1.807) is 18.2 Å². The number of benzene rings is 2. The first-order valence-corrected chi connectivity index (χ1v) is 10.0. The fourth-order valence-corrected chi connectivity index (χ4v) is 3.53. The number of esters is 1. The fraction of sp³-hybridized carbons (Fsp3) is 0.364. The van der Waals surface area contributed by atoms with E-state index in [1.807, 2.05) is 24.3 Å². The van der Waals surface area contributed by atoms with Crippen LogP contribution in [0.25, 0.3) is 0 Å². The zero-order chi connectivity index (χ0) is 20.8. The van der Waals surface area contributed by atoms with E-state index in [4.69, 9.17) is 16.3 Å². The Labute approximate surface area is 176 Å². The van der Waals surface area contributed by atoms with Gasteiger partial charge in [-0.3, -0.25) is 4.79 Å². The summed E-state index contributed by atoms with van der Waals surface area (Å²) in [6, 6.07) is 12.7. The summed E-state index contributed by atoms with van der Waals surface area (Å²) in [7, 11) is 3.46. The molecule has 7 heteroatoms. The molecule has 0 aliphatic carbocycles. The molecule has 29 heavy (non-hydrogen) atoms. The van der Waals surface area contributed by atoms with Crippen molar-refractivity contribution in [1.82, 2.24) is 10.2 Å². The van der Waals surface area contributed by atoms with Crippen LogP contribution in [0, 0.1) is 0 Å². The Morgan fingerprint density at radius 3 is 2.41 bits per heavy atom. The van der Waals surface area contributed by atoms with Crippen molar-refractivity contribution in [1.29, 1.82) is 0 Å². The van der Waals surface area contributed by atoms with Gasteiger partial charge in [0.15, 0.2) is 0 Å². The molecule has 1 aliphatic heterocycles. The minimum absolute atomic E-state index is 0.132. The standard InChI is InChI=1S/C22H26ClN3O3/c1-25-11-13-26(14-12-25)20-8-7-18(23)15-19(20)21(27)24-10-9-16-3-5-17(6-4-16)22(28)29-2/h3-8,15H,9-14H2,1-2H3,(H,24,27). The van der Waals surface area contributed by atoms with Crippen molar-refractivity contribution >= 4 is 29.2 Å². The number of halogens is 1. The van der Waals surface area contributed by atoms with E-state index < -0.39 is 0 Å². The predicted octanol–water partition coefficient (Wildman–Crippen LogP) is 2.85. The number of nitrogens with zero attached hydrogens (tertiary/aromatic N) is 2. The molecule has 6 nitrogen and oxygen atoms in total. The smallest absolute Gasteiger partial charge is 0.337 e. The van der Waals surface area contributed by atoms with Gasteiger partial charge in [0.05, 0.1) is 18.2 Å². The second-order valence-corrected chi connectivity index (χ2v) is 7.58. The number of anilines is 1. The van der Waals surface area contributed by atoms with Crippen molar-refractivity contribution in [3.8, 4) is 0 Å². The van der Waals surface area contributed by atoms with Gasteiger partial charge in [0, 0.05) is 43.4 Å². The Balaban J connectivity index is 1.62. The molecule has 1 heterocycles. The number of carbonyl (C=O) groups is 2. The van der Waals surface area contributed by atoms with Crippen LogP contribution in [0.1, 0.15) is 26.3 Å². The molecular formula is C22H26ClN3O3. The normalized spacial score (nSPS) is 14.5. The van der Waals surface area contributed by atoms with Crippen LogP contribution in [0.2, 0.25) is 5.02 Å². The van der Waals surface area contributed by atoms with Crippen LogP contribution in [0.3, 0.4) is 0 Å². The summed E-state index contributed by atoms with van der Waals surface area (Å²) >= 11 is 6.16. The molecule has 154 valence electrons. The molecule has 2 aromatic rings. The van der Waals surface area contributed by atoms with Crippen molar-refractivity contribution in [2.75, 3.05) is 51.8 Å². The highest BCUT2D eigenvalue weighted by Crippen LogP contribution is 2.25. The van der Waals surface area contributed by atoms with Crippen molar-refractivity contribution in [3.63, 3.8) is 0 Å². The summed E-state index contributed by atoms with van der Waals surface area (Å²) in [6.45, 7) is 4.18. The Morgan fingerprint density at radius 1 is 1.07 bits per heavy atom. The van der Waals surface area contributed by atoms with Gasteiger partial charge < -0.3 is 19.9 Å². The first-order chi connectivity index (χ1) is 14.0. The summed E-state index contributed by atoms with van der Waals surface area (Å²) in [5.41, 5.74) is 3.06. The first kappa shape index (κ1) is 21.1. The molecule has 0 spiro atoms. The third-order valence-electron chi connectivity index (χ3n) is 5.12. The molecule has 0 bridgehead atoms. The Kier molecular flexibility index (Phi) is 7.12. The lowest BCUT2D eigenvalue weighted by Gasteiger charge is -2.35. The van der Waals surface area contributed by atoms with Crippen molar-refractivity contribution < 1.29 is 14.3 Å². The molecule has 2 aromatic carbocycles. The van der Waals surface area contributed by atoms with E-state index in [-0.39, 0.29) is 11.9 Å². The molecular weight excluding hydrogens is 390 g/mol. The number of ether oxygens (including phenoxy) is 1. The number of hydrogen-bond donors (Lipinski definition) is 1. The van der Waals surface area contributed by atoms with Crippen LogP contribution >= 0.6 is 11.6 Å². The Morgan fingerprint density at radius 2 is 1.76 bits per heavy atom. The Hall–Kier alpha value is -2.57. The van der Waals surface area contributed by atoms with Gasteiger partial charge in [-0.1, -0.05) is 23.7 Å². The Bertz CT molecular complexity index is 862. The first-order valence-electron chi connectivity index (χ1n) is 9.66. The third-order valence-corrected chi connectivity index (χ3v) is 5.36. The molecule has 3 rings (SSSR count). The molecule has 0 saturated carbocycles. The van der Waals surface area contributed by atoms with Gasteiger partial charge >= 0.3 is 5.97 Å². The highest BCUT2D eigenvalue weighted by atomic mass is 35.5. The van der Waals surface area contributed by atoms with E-state index in [1.165, 1.54) is 7.11 Å². The largest absolute Gasteiger partial charge is 0.465 e. The van der Waals surface area contributed by atoms with Gasteiger partial charge in [0.1, 0.15) is 0 Å². The fourth-order valence-electron chi connectivity index (χ4n) is 3.35. The van der Waals surface area contributed by atoms with Gasteiger partial charge in [-0.05, 0) is 49.4 Å². The maximum Gasteiger partial charge on any atom is 0.337 e. The van der Waals surface area contributed by atoms with Crippen LogP contribution in [0.15, 0.2) is 42.5 Å². The molecule has 1 saturated heterocycles. The molecule has 0 atom stereocenters. The summed E-state index contributed by atoms with van der Waals surface area (Å²) in [5, 5.41) is 3.53. The van der Waals surface area contributed by atoms with Crippen LogP contribution in [0.5, 0.6) is 0 Å². The number of likely N-dealkylation sites (N-methyl/N-ethyl adjacent to an activating group) is 1. The number of rotatable bonds is 6. The SMILES string of the molecule is COC(=O)c1ccc(CCNC(=O)c2cc(Cl)ccc2N2CCN(C)CC2)cc1. The van der Waals surface area contributed by atoms with Crippen LogP contribution in [-0.4, -0.2) is 63.7 Å². The van der Waals surface area contributed by atoms with E-state index in [0.717, 1.165) is 37.4 Å². The maximum atomic E-state index is 12.8. The highest BCUT2D eigenvalue weighted by molar-refractivity contribution is 6.31. The summed E-state index contributed by atoms with van der Waals surface area (Å²) in [6.07, 6.45) is 0.664. The van der Waals surface area contributed by atoms with Gasteiger partial charge in [-0.15, -0.1) is 0 Å². The molecule has 1 aliphatic rings. The maximum absolute atomic E-state index is 12.8. The van der Waals surface area contributed by atoms with E-state index in [0.29, 0.717) is 29.1 Å². The molecule has 1 fully saturated rings. The molecule has 1 amide bonds. The van der Waals surface area contributed by atoms with Gasteiger partial charge in [0.2, 0.25) is 0 Å². The number of nitrogens with one attached hydrogen (secondary N) is 1. The predicted molar refractivity (Wildman–Crippen MR) is 115 cm³/mol. The van der Waals surface area contributed by atoms with Crippen LogP contribution in [-0.2, 0) is 11.2 Å². The second-order valence-electron chi connectivity index (χ2n) is 7.15. The summed E-state index contributed by atoms with van der Waals surface area (Å²) < 4.78 is 4.70. The van der Waals surface area contributed by atoms with Crippen LogP contribution < -0.4 is 10.2 Å². The zero-order valence-electron chi connectivity index (χ0n) is 16.8. The number of amides is 1. The van der Waals surface area contributed by atoms with E-state index >= 15 is 0 Å². The monoisotopic (exact) mass is 415 g/mol. The summed E-state index contributed by atoms with van der Waals surface area (Å²) in [4.78, 5) is 28.8. The number of carbonyl (C=O) groups excluding carboxylic acids is 2. The topological polar surface area (TPSA) is 61.9 Å². The lowest BCUT2D eigenvalue weighted by molar-refractivity contribution is 0.0600. The number of hydrogen-bond acceptors (Lipinski definition) is 5. The number of piperazine rings is 1. The highest BCUT2D eigenvalue weighted by Gasteiger charge is 2.20. The van der Waals surface area contributed by atoms with Crippen LogP contribution in [0.4, 0.5) is 5.69 Å². The quantitative estimate of drug-likeness (QED) is 0.735. The molecule has 0 radical (unpaired) electrons. The van der Waals surface area contributed by atoms with Crippen molar-refractivity contribution in [2.45, 2.75) is 6.42 Å². The van der Waals surface area contributed by atoms with E-state index in [9.17, 15) is 9.59 Å². The van der Waals surface area contributed by atoms with E-state index in [2.05, 4.69) is 22.2 Å². The van der Waals surface area contributed by atoms with Crippen molar-refractivity contribution in [3.05, 3.63) is 64.2 Å². The molecule has 1 N–H and O–H groups in total. The minimum Gasteiger partial charge on any atom is -0.465 e. The summed E-state index contributed by atoms with van der Waals surface area (Å²) in [5.74, 6) is -0.491. The van der Waals surface area contributed by atoms with Crippen molar-refractivity contribution in [2.24, 2.45) is 0 Å². The second kappa shape index (κ2) is 9.76. The van der Waals surface area contributed by atoms with Gasteiger partial charge in [0.25, 0.3) is 5.91 Å². The van der Waals surface area contributed by atoms with Gasteiger partial charge in [-0.2, -0.15) is 0 Å². The molecule has 0 unspecified atom stereocenters. The lowest BCUT2D eigenvalue weighted by atomic mass is 10.1. The van der Waals surface area contributed by atoms with Gasteiger partial charge in [-0.25, -0.2) is 4.79 Å².